The Morgan fingerprint density at radius 2 is 0.783 bits per heavy atom. The molecule has 0 radical (unpaired) electrons. The fourth-order valence-corrected chi connectivity index (χ4v) is 8.39. The Labute approximate surface area is 338 Å². The zero-order valence-electron chi connectivity index (χ0n) is 31.4. The Bertz CT molecular complexity index is 3090. The predicted molar refractivity (Wildman–Crippen MR) is 223 cm³/mol. The molecule has 2 aromatic heterocycles. The third kappa shape index (κ3) is 6.23. The van der Waals surface area contributed by atoms with Crippen LogP contribution in [0.15, 0.2) is 158 Å². The van der Waals surface area contributed by atoms with Crippen molar-refractivity contribution in [3.8, 4) is 11.1 Å². The molecular formula is C50H30F7N3. The van der Waals surface area contributed by atoms with E-state index in [1.54, 1.807) is 32.2 Å². The zero-order valence-corrected chi connectivity index (χ0v) is 31.4. The molecule has 0 saturated heterocycles. The number of anilines is 3. The first-order valence-electron chi connectivity index (χ1n) is 19.1. The summed E-state index contributed by atoms with van der Waals surface area (Å²) in [6.45, 7) is -0.430. The molecule has 0 saturated carbocycles. The lowest BCUT2D eigenvalue weighted by Gasteiger charge is -2.26. The number of aromatic nitrogens is 2. The van der Waals surface area contributed by atoms with Gasteiger partial charge in [0.05, 0.1) is 18.8 Å². The van der Waals surface area contributed by atoms with E-state index in [0.29, 0.717) is 63.3 Å². The second kappa shape index (κ2) is 14.5. The van der Waals surface area contributed by atoms with Crippen LogP contribution in [0.3, 0.4) is 0 Å². The van der Waals surface area contributed by atoms with Crippen molar-refractivity contribution in [2.75, 3.05) is 4.90 Å². The summed E-state index contributed by atoms with van der Waals surface area (Å²) in [5, 5.41) is 2.99. The summed E-state index contributed by atoms with van der Waals surface area (Å²) in [6.07, 6.45) is 0. The van der Waals surface area contributed by atoms with Crippen LogP contribution in [-0.4, -0.2) is 9.13 Å². The highest BCUT2D eigenvalue weighted by atomic mass is 19.2. The number of nitrogens with zero attached hydrogens (tertiary/aromatic N) is 3. The van der Waals surface area contributed by atoms with Gasteiger partial charge in [-0.1, -0.05) is 72.8 Å². The van der Waals surface area contributed by atoms with E-state index in [1.165, 1.54) is 6.07 Å². The number of benzene rings is 8. The number of para-hydroxylation sites is 2. The maximum Gasteiger partial charge on any atom is 0.147 e. The monoisotopic (exact) mass is 805 g/mol. The number of hydrogen-bond acceptors (Lipinski definition) is 1. The van der Waals surface area contributed by atoms with Crippen LogP contribution in [-0.2, 0) is 13.1 Å². The van der Waals surface area contributed by atoms with Gasteiger partial charge in [-0.2, -0.15) is 0 Å². The van der Waals surface area contributed by atoms with Gasteiger partial charge in [0.25, 0.3) is 0 Å². The Morgan fingerprint density at radius 3 is 1.25 bits per heavy atom. The van der Waals surface area contributed by atoms with Crippen LogP contribution >= 0.6 is 0 Å². The maximum absolute atomic E-state index is 16.7. The van der Waals surface area contributed by atoms with Crippen LogP contribution in [0.1, 0.15) is 11.1 Å². The Hall–Kier alpha value is -7.33. The summed E-state index contributed by atoms with van der Waals surface area (Å²) in [4.78, 5) is 1.78. The number of fused-ring (bicyclic) bond motifs is 6. The van der Waals surface area contributed by atoms with E-state index < -0.39 is 40.7 Å². The van der Waals surface area contributed by atoms with E-state index in [-0.39, 0.29) is 29.9 Å². The third-order valence-corrected chi connectivity index (χ3v) is 11.2. The van der Waals surface area contributed by atoms with Gasteiger partial charge in [0.2, 0.25) is 0 Å². The number of hydrogen-bond donors (Lipinski definition) is 0. The minimum Gasteiger partial charge on any atom is -0.336 e. The van der Waals surface area contributed by atoms with Crippen molar-refractivity contribution in [2.45, 2.75) is 13.1 Å². The van der Waals surface area contributed by atoms with Crippen LogP contribution in [0, 0.1) is 40.7 Å². The van der Waals surface area contributed by atoms with E-state index in [1.807, 2.05) is 109 Å². The third-order valence-electron chi connectivity index (χ3n) is 11.2. The van der Waals surface area contributed by atoms with Crippen LogP contribution in [0.2, 0.25) is 0 Å². The van der Waals surface area contributed by atoms with E-state index in [0.717, 1.165) is 27.1 Å². The Balaban J connectivity index is 1.17. The van der Waals surface area contributed by atoms with Crippen molar-refractivity contribution in [1.29, 1.82) is 0 Å². The van der Waals surface area contributed by atoms with Gasteiger partial charge in [-0.05, 0) is 71.8 Å². The van der Waals surface area contributed by atoms with Crippen molar-refractivity contribution in [2.24, 2.45) is 0 Å². The highest BCUT2D eigenvalue weighted by Gasteiger charge is 2.23. The smallest absolute Gasteiger partial charge is 0.147 e. The topological polar surface area (TPSA) is 13.1 Å². The average molecular weight is 806 g/mol. The lowest BCUT2D eigenvalue weighted by Crippen LogP contribution is -2.12. The van der Waals surface area contributed by atoms with E-state index >= 15 is 22.0 Å². The van der Waals surface area contributed by atoms with Crippen LogP contribution < -0.4 is 4.90 Å². The normalized spacial score (nSPS) is 11.7. The fourth-order valence-electron chi connectivity index (χ4n) is 8.39. The summed E-state index contributed by atoms with van der Waals surface area (Å²) < 4.78 is 108. The first-order valence-corrected chi connectivity index (χ1v) is 19.1. The minimum atomic E-state index is -1.01. The van der Waals surface area contributed by atoms with Gasteiger partial charge in [0.15, 0.2) is 0 Å². The first-order chi connectivity index (χ1) is 29.1. The lowest BCUT2D eigenvalue weighted by molar-refractivity contribution is 0.518. The van der Waals surface area contributed by atoms with Crippen molar-refractivity contribution in [3.05, 3.63) is 210 Å². The van der Waals surface area contributed by atoms with Gasteiger partial charge in [-0.3, -0.25) is 0 Å². The molecule has 60 heavy (non-hydrogen) atoms. The SMILES string of the molecule is Fc1cc(F)c(Cn2c3ccccc3c3cc(N(c4ccc5c(c4)c4ccccc4n5Cc4c(F)cc(F)cc4F)c4ccc(-c5ccccc5)cc4F)ccc32)c(F)c1. The first kappa shape index (κ1) is 37.0. The molecule has 10 rings (SSSR count). The van der Waals surface area contributed by atoms with E-state index in [4.69, 9.17) is 0 Å². The maximum atomic E-state index is 16.7. The standard InChI is InChI=1S/C50H30F7N3/c51-31-21-41(53)39(42(54)22-31)27-58-46-12-6-4-10-35(46)37-25-33(15-18-48(37)58)60(50-17-14-30(20-45(50)57)29-8-2-1-3-9-29)34-16-19-49-38(26-34)36-11-5-7-13-47(36)59(49)28-40-43(55)23-32(52)24-44(40)56/h1-26H,27-28H2. The van der Waals surface area contributed by atoms with Gasteiger partial charge in [-0.25, -0.2) is 30.7 Å². The molecule has 0 spiro atoms. The Kier molecular flexibility index (Phi) is 8.93. The molecule has 8 aromatic carbocycles. The quantitative estimate of drug-likeness (QED) is 0.139. The molecule has 3 nitrogen and oxygen atoms in total. The number of rotatable bonds is 8. The van der Waals surface area contributed by atoms with E-state index in [2.05, 4.69) is 0 Å². The molecule has 0 aliphatic rings. The summed E-state index contributed by atoms with van der Waals surface area (Å²) >= 11 is 0. The molecule has 2 heterocycles. The highest BCUT2D eigenvalue weighted by Crippen LogP contribution is 2.43. The van der Waals surface area contributed by atoms with Gasteiger partial charge < -0.3 is 14.0 Å². The molecule has 0 bridgehead atoms. The molecule has 10 heteroatoms. The van der Waals surface area contributed by atoms with Crippen molar-refractivity contribution in [3.63, 3.8) is 0 Å². The van der Waals surface area contributed by atoms with Gasteiger partial charge in [-0.15, -0.1) is 0 Å². The zero-order chi connectivity index (χ0) is 41.2. The van der Waals surface area contributed by atoms with Gasteiger partial charge >= 0.3 is 0 Å². The largest absolute Gasteiger partial charge is 0.336 e. The molecule has 0 fully saturated rings. The van der Waals surface area contributed by atoms with E-state index in [9.17, 15) is 8.78 Å². The van der Waals surface area contributed by atoms with Crippen LogP contribution in [0.25, 0.3) is 54.7 Å². The summed E-state index contributed by atoms with van der Waals surface area (Å²) in [7, 11) is 0. The molecule has 0 aliphatic carbocycles. The van der Waals surface area contributed by atoms with Crippen molar-refractivity contribution < 1.29 is 30.7 Å². The predicted octanol–water partition coefficient (Wildman–Crippen LogP) is 14.1. The molecule has 0 aliphatic heterocycles. The molecule has 10 aromatic rings. The summed E-state index contributed by atoms with van der Waals surface area (Å²) in [6, 6.07) is 42.9. The molecule has 0 amide bonds. The second-order valence-corrected chi connectivity index (χ2v) is 14.7. The average Bonchev–Trinajstić information content (AvgIpc) is 3.72. The van der Waals surface area contributed by atoms with Crippen molar-refractivity contribution in [1.82, 2.24) is 9.13 Å². The van der Waals surface area contributed by atoms with Crippen molar-refractivity contribution >= 4 is 60.7 Å². The van der Waals surface area contributed by atoms with Gasteiger partial charge in [0, 0.05) is 90.4 Å². The Morgan fingerprint density at radius 1 is 0.350 bits per heavy atom. The molecule has 0 atom stereocenters. The number of halogens is 7. The molecule has 294 valence electrons. The minimum absolute atomic E-state index is 0.215. The molecular weight excluding hydrogens is 776 g/mol. The van der Waals surface area contributed by atoms with Crippen LogP contribution in [0.4, 0.5) is 47.8 Å². The fraction of sp³-hybridized carbons (Fsp3) is 0.0400. The lowest BCUT2D eigenvalue weighted by atomic mass is 10.0. The molecule has 0 N–H and O–H groups in total. The van der Waals surface area contributed by atoms with Gasteiger partial charge in [0.1, 0.15) is 40.7 Å². The summed E-state index contributed by atoms with van der Waals surface area (Å²) in [5.41, 5.74) is 4.93. The molecule has 0 unspecified atom stereocenters. The second-order valence-electron chi connectivity index (χ2n) is 14.7. The highest BCUT2D eigenvalue weighted by molar-refractivity contribution is 6.11. The van der Waals surface area contributed by atoms with Crippen LogP contribution in [0.5, 0.6) is 0 Å². The summed E-state index contributed by atoms with van der Waals surface area (Å²) in [5.74, 6) is -6.53.